The molecule has 4 heteroatoms. The summed E-state index contributed by atoms with van der Waals surface area (Å²) in [5, 5.41) is 0. The van der Waals surface area contributed by atoms with Gasteiger partial charge in [-0.05, 0) is 0 Å². The molecular weight excluding hydrogens is 195 g/mol. The van der Waals surface area contributed by atoms with E-state index in [0.717, 1.165) is 0 Å². The van der Waals surface area contributed by atoms with Gasteiger partial charge >= 0.3 is 0 Å². The minimum absolute atomic E-state index is 0. The van der Waals surface area contributed by atoms with Gasteiger partial charge in [0, 0.05) is 53.3 Å². The first-order valence-corrected chi connectivity index (χ1v) is 0. The molecule has 0 saturated heterocycles. The third-order valence-corrected chi connectivity index (χ3v) is 0. The van der Waals surface area contributed by atoms with E-state index in [9.17, 15) is 0 Å². The fraction of sp³-hybridized carbons (Fsp3) is 0. The molecule has 0 amide bonds. The quantitative estimate of drug-likeness (QED) is 0.454. The van der Waals surface area contributed by atoms with Crippen molar-refractivity contribution >= 4 is 0 Å². The summed E-state index contributed by atoms with van der Waals surface area (Å²) in [5.74, 6) is 0. The molecule has 0 rings (SSSR count). The molecule has 4 heavy (non-hydrogen) atoms. The van der Waals surface area contributed by atoms with Crippen LogP contribution in [0.3, 0.4) is 0 Å². The van der Waals surface area contributed by atoms with Gasteiger partial charge in [-0.25, -0.2) is 0 Å². The number of rotatable bonds is 0. The van der Waals surface area contributed by atoms with Gasteiger partial charge in [-0.2, -0.15) is 0 Å². The first-order valence-electron chi connectivity index (χ1n) is 0. The van der Waals surface area contributed by atoms with Crippen LogP contribution in [0.1, 0.15) is 0 Å². The summed E-state index contributed by atoms with van der Waals surface area (Å²) >= 11 is 0. The van der Waals surface area contributed by atoms with Crippen LogP contribution in [0.15, 0.2) is 0 Å². The van der Waals surface area contributed by atoms with Crippen LogP contribution in [0, 0.1) is 0 Å². The van der Waals surface area contributed by atoms with Crippen molar-refractivity contribution in [3.8, 4) is 0 Å². The Labute approximate surface area is 58.6 Å². The van der Waals surface area contributed by atoms with Crippen LogP contribution < -0.4 is 0 Å². The average molecular weight is 197 g/mol. The molecular formula is H2CoMnOZn. The fourth-order valence-electron chi connectivity index (χ4n) is 0. The first-order chi connectivity index (χ1) is 0. The summed E-state index contributed by atoms with van der Waals surface area (Å²) in [6.45, 7) is 0. The molecule has 1 nitrogen and oxygen atoms in total. The van der Waals surface area contributed by atoms with Gasteiger partial charge in [0.05, 0.1) is 0 Å². The summed E-state index contributed by atoms with van der Waals surface area (Å²) in [7, 11) is 0. The van der Waals surface area contributed by atoms with Gasteiger partial charge in [0.25, 0.3) is 0 Å². The zero-order chi connectivity index (χ0) is 0. The van der Waals surface area contributed by atoms with Gasteiger partial charge in [-0.15, -0.1) is 0 Å². The van der Waals surface area contributed by atoms with Gasteiger partial charge in [-0.3, -0.25) is 0 Å². The average Bonchev–Trinajstić information content (AvgIpc) is 0. The molecule has 0 fully saturated rings. The Balaban J connectivity index is 0. The summed E-state index contributed by atoms with van der Waals surface area (Å²) < 4.78 is 0. The molecule has 0 unspecified atom stereocenters. The molecule has 2 radical (unpaired) electrons. The fourth-order valence-corrected chi connectivity index (χ4v) is 0. The minimum Gasteiger partial charge on any atom is -0.412 e. The van der Waals surface area contributed by atoms with E-state index in [1.807, 2.05) is 0 Å². The Hall–Kier alpha value is 1.61. The summed E-state index contributed by atoms with van der Waals surface area (Å²) in [6, 6.07) is 0. The minimum atomic E-state index is 0. The predicted molar refractivity (Wildman–Crippen MR) is 3.61 cm³/mol. The molecule has 2 N–H and O–H groups in total. The van der Waals surface area contributed by atoms with E-state index in [4.69, 9.17) is 0 Å². The molecule has 0 saturated carbocycles. The normalized spacial score (nSPS) is 0. The summed E-state index contributed by atoms with van der Waals surface area (Å²) in [6.07, 6.45) is 0. The maximum Gasteiger partial charge on any atom is 0 e. The Morgan fingerprint density at radius 3 is 1.00 bits per heavy atom. The van der Waals surface area contributed by atoms with E-state index in [-0.39, 0.29) is 58.8 Å². The largest absolute Gasteiger partial charge is 0.412 e. The van der Waals surface area contributed by atoms with Gasteiger partial charge in [0.1, 0.15) is 0 Å². The van der Waals surface area contributed by atoms with Crippen molar-refractivity contribution in [3.63, 3.8) is 0 Å². The Bertz CT molecular complexity index is 8.00. The molecule has 0 aromatic heterocycles. The van der Waals surface area contributed by atoms with E-state index in [0.29, 0.717) is 0 Å². The Morgan fingerprint density at radius 2 is 1.00 bits per heavy atom. The monoisotopic (exact) mass is 196 g/mol. The van der Waals surface area contributed by atoms with Crippen molar-refractivity contribution < 1.29 is 58.8 Å². The second-order valence-corrected chi connectivity index (χ2v) is 0. The molecule has 0 atom stereocenters. The van der Waals surface area contributed by atoms with Crippen molar-refractivity contribution in [3.05, 3.63) is 0 Å². The third kappa shape index (κ3) is 9.49. The van der Waals surface area contributed by atoms with Gasteiger partial charge in [0.15, 0.2) is 0 Å². The molecule has 0 aliphatic carbocycles. The van der Waals surface area contributed by atoms with Crippen molar-refractivity contribution in [2.45, 2.75) is 0 Å². The Kier molecular flexibility index (Phi) is 267. The van der Waals surface area contributed by atoms with Crippen molar-refractivity contribution in [2.75, 3.05) is 0 Å². The molecule has 0 heterocycles. The zero-order valence-corrected chi connectivity index (χ0v) is 7.11. The standard InChI is InChI=1S/Co.Mn.H2O.Zn/h;;1H2;. The topological polar surface area (TPSA) is 31.5 Å². The van der Waals surface area contributed by atoms with E-state index < -0.39 is 0 Å². The van der Waals surface area contributed by atoms with Crippen LogP contribution in [0.4, 0.5) is 0 Å². The van der Waals surface area contributed by atoms with Crippen LogP contribution >= 0.6 is 0 Å². The van der Waals surface area contributed by atoms with Gasteiger partial charge < -0.3 is 5.48 Å². The zero-order valence-electron chi connectivity index (χ0n) is 1.92. The molecule has 0 aromatic rings. The van der Waals surface area contributed by atoms with E-state index in [1.54, 1.807) is 0 Å². The molecule has 0 aliphatic heterocycles. The first kappa shape index (κ1) is 46.0. The number of hydrogen-bond donors (Lipinski definition) is 0. The molecule has 0 spiro atoms. The molecule has 0 aromatic carbocycles. The molecule has 26 valence electrons. The molecule has 0 bridgehead atoms. The molecule has 0 aliphatic rings. The number of hydrogen-bond acceptors (Lipinski definition) is 0. The second-order valence-electron chi connectivity index (χ2n) is 0. The second kappa shape index (κ2) is 23.2. The maximum absolute atomic E-state index is 0. The van der Waals surface area contributed by atoms with Crippen LogP contribution in [0.5, 0.6) is 0 Å². The maximum atomic E-state index is 0. The Morgan fingerprint density at radius 1 is 1.00 bits per heavy atom. The van der Waals surface area contributed by atoms with Gasteiger partial charge in [-0.1, -0.05) is 0 Å². The van der Waals surface area contributed by atoms with Crippen molar-refractivity contribution in [1.82, 2.24) is 0 Å². The van der Waals surface area contributed by atoms with Crippen molar-refractivity contribution in [2.24, 2.45) is 0 Å². The van der Waals surface area contributed by atoms with E-state index >= 15 is 0 Å². The summed E-state index contributed by atoms with van der Waals surface area (Å²) in [4.78, 5) is 0. The third-order valence-electron chi connectivity index (χ3n) is 0. The summed E-state index contributed by atoms with van der Waals surface area (Å²) in [5.41, 5.74) is 0. The smallest absolute Gasteiger partial charge is 0 e. The van der Waals surface area contributed by atoms with Crippen molar-refractivity contribution in [1.29, 1.82) is 0 Å². The SMILES string of the molecule is O.[Co].[Mn].[Zn]. The van der Waals surface area contributed by atoms with E-state index in [1.165, 1.54) is 0 Å². The predicted octanol–water partition coefficient (Wildman–Crippen LogP) is -0.832. The van der Waals surface area contributed by atoms with Crippen LogP contribution in [-0.2, 0) is 53.3 Å². The van der Waals surface area contributed by atoms with Crippen LogP contribution in [0.2, 0.25) is 0 Å². The van der Waals surface area contributed by atoms with Crippen LogP contribution in [0.25, 0.3) is 0 Å². The van der Waals surface area contributed by atoms with E-state index in [2.05, 4.69) is 0 Å². The van der Waals surface area contributed by atoms with Gasteiger partial charge in [0.2, 0.25) is 0 Å². The van der Waals surface area contributed by atoms with Crippen LogP contribution in [-0.4, -0.2) is 5.48 Å².